The maximum absolute atomic E-state index is 5.26. The van der Waals surface area contributed by atoms with Crippen LogP contribution in [0.5, 0.6) is 5.75 Å². The number of aromatic nitrogens is 4. The number of H-pyrrole nitrogens is 1. The molecule has 2 aromatic carbocycles. The highest BCUT2D eigenvalue weighted by atomic mass is 16.5. The Morgan fingerprint density at radius 3 is 2.94 bits per heavy atom. The highest BCUT2D eigenvalue weighted by Crippen LogP contribution is 2.25. The summed E-state index contributed by atoms with van der Waals surface area (Å²) in [7, 11) is 1.67. The van der Waals surface area contributed by atoms with E-state index in [1.165, 1.54) is 5.39 Å². The molecule has 0 radical (unpaired) electrons. The zero-order valence-corrected chi connectivity index (χ0v) is 9.92. The van der Waals surface area contributed by atoms with Crippen LogP contribution in [0.15, 0.2) is 36.4 Å². The summed E-state index contributed by atoms with van der Waals surface area (Å²) >= 11 is 0. The Kier molecular flexibility index (Phi) is 2.64. The topological polar surface area (TPSA) is 63.7 Å². The Hall–Kier alpha value is -2.43. The second-order valence-corrected chi connectivity index (χ2v) is 4.01. The first-order valence-electron chi connectivity index (χ1n) is 5.65. The number of aromatic amines is 1. The third-order valence-electron chi connectivity index (χ3n) is 2.92. The van der Waals surface area contributed by atoms with Crippen molar-refractivity contribution in [3.8, 4) is 5.75 Å². The number of tetrazole rings is 1. The maximum atomic E-state index is 5.26. The number of ether oxygens (including phenoxy) is 1. The van der Waals surface area contributed by atoms with Crippen LogP contribution in [0.25, 0.3) is 10.8 Å². The van der Waals surface area contributed by atoms with Crippen LogP contribution >= 0.6 is 0 Å². The van der Waals surface area contributed by atoms with Crippen LogP contribution in [0.4, 0.5) is 0 Å². The molecule has 0 aliphatic rings. The molecule has 5 heteroatoms. The van der Waals surface area contributed by atoms with Crippen LogP contribution in [0.2, 0.25) is 0 Å². The zero-order chi connectivity index (χ0) is 12.4. The molecule has 0 aliphatic heterocycles. The van der Waals surface area contributed by atoms with Crippen molar-refractivity contribution in [1.29, 1.82) is 0 Å². The van der Waals surface area contributed by atoms with Crippen molar-refractivity contribution < 1.29 is 4.74 Å². The van der Waals surface area contributed by atoms with E-state index in [0.29, 0.717) is 12.2 Å². The van der Waals surface area contributed by atoms with Gasteiger partial charge in [0.05, 0.1) is 7.11 Å². The van der Waals surface area contributed by atoms with Crippen molar-refractivity contribution in [3.05, 3.63) is 47.8 Å². The van der Waals surface area contributed by atoms with Gasteiger partial charge in [0, 0.05) is 6.42 Å². The highest BCUT2D eigenvalue weighted by molar-refractivity contribution is 5.87. The molecule has 0 fully saturated rings. The number of hydrogen-bond donors (Lipinski definition) is 1. The Morgan fingerprint density at radius 1 is 1.22 bits per heavy atom. The molecule has 0 aliphatic carbocycles. The van der Waals surface area contributed by atoms with Gasteiger partial charge in [0.1, 0.15) is 5.75 Å². The van der Waals surface area contributed by atoms with Crippen LogP contribution in [0.1, 0.15) is 11.4 Å². The van der Waals surface area contributed by atoms with E-state index in [-0.39, 0.29) is 0 Å². The maximum Gasteiger partial charge on any atom is 0.178 e. The standard InChI is InChI=1S/C13H12N4O/c1-18-11-6-5-9-3-2-4-10(12(9)8-11)7-13-14-16-17-15-13/h2-6,8H,7H2,1H3,(H,14,15,16,17). The minimum Gasteiger partial charge on any atom is -0.497 e. The van der Waals surface area contributed by atoms with Crippen molar-refractivity contribution in [2.45, 2.75) is 6.42 Å². The third-order valence-corrected chi connectivity index (χ3v) is 2.92. The van der Waals surface area contributed by atoms with Crippen LogP contribution in [-0.2, 0) is 6.42 Å². The van der Waals surface area contributed by atoms with Crippen LogP contribution in [0.3, 0.4) is 0 Å². The lowest BCUT2D eigenvalue weighted by molar-refractivity contribution is 0.415. The van der Waals surface area contributed by atoms with Gasteiger partial charge in [-0.15, -0.1) is 10.2 Å². The fourth-order valence-electron chi connectivity index (χ4n) is 2.03. The van der Waals surface area contributed by atoms with Gasteiger partial charge in [-0.3, -0.25) is 0 Å². The Morgan fingerprint density at radius 2 is 2.17 bits per heavy atom. The average Bonchev–Trinajstić information content (AvgIpc) is 2.91. The van der Waals surface area contributed by atoms with Crippen LogP contribution in [0, 0.1) is 0 Å². The van der Waals surface area contributed by atoms with E-state index < -0.39 is 0 Å². The summed E-state index contributed by atoms with van der Waals surface area (Å²) in [5, 5.41) is 16.3. The molecule has 0 unspecified atom stereocenters. The van der Waals surface area contributed by atoms with Crippen molar-refractivity contribution >= 4 is 10.8 Å². The first kappa shape index (κ1) is 10.7. The molecule has 0 spiro atoms. The first-order chi connectivity index (χ1) is 8.86. The van der Waals surface area contributed by atoms with Gasteiger partial charge in [0.25, 0.3) is 0 Å². The van der Waals surface area contributed by atoms with E-state index in [0.717, 1.165) is 16.7 Å². The monoisotopic (exact) mass is 240 g/mol. The molecule has 90 valence electrons. The average molecular weight is 240 g/mol. The molecule has 0 atom stereocenters. The van der Waals surface area contributed by atoms with E-state index in [1.807, 2.05) is 24.3 Å². The molecule has 1 heterocycles. The van der Waals surface area contributed by atoms with Crippen LogP contribution < -0.4 is 4.74 Å². The third kappa shape index (κ3) is 1.90. The molecule has 5 nitrogen and oxygen atoms in total. The fraction of sp³-hybridized carbons (Fsp3) is 0.154. The molecule has 18 heavy (non-hydrogen) atoms. The van der Waals surface area contributed by atoms with Gasteiger partial charge in [0.2, 0.25) is 0 Å². The molecule has 0 saturated carbocycles. The number of hydrogen-bond acceptors (Lipinski definition) is 4. The minimum atomic E-state index is 0.654. The minimum absolute atomic E-state index is 0.654. The lowest BCUT2D eigenvalue weighted by atomic mass is 10.0. The Bertz CT molecular complexity index is 664. The van der Waals surface area contributed by atoms with E-state index in [4.69, 9.17) is 4.74 Å². The van der Waals surface area contributed by atoms with Crippen LogP contribution in [-0.4, -0.2) is 27.7 Å². The number of nitrogens with one attached hydrogen (secondary N) is 1. The quantitative estimate of drug-likeness (QED) is 0.760. The number of nitrogens with zero attached hydrogens (tertiary/aromatic N) is 3. The molecule has 3 aromatic rings. The van der Waals surface area contributed by atoms with E-state index >= 15 is 0 Å². The second-order valence-electron chi connectivity index (χ2n) is 4.01. The van der Waals surface area contributed by atoms with E-state index in [1.54, 1.807) is 7.11 Å². The zero-order valence-electron chi connectivity index (χ0n) is 9.92. The summed E-state index contributed by atoms with van der Waals surface area (Å²) in [5.74, 6) is 1.54. The lowest BCUT2D eigenvalue weighted by Gasteiger charge is -2.06. The van der Waals surface area contributed by atoms with E-state index in [9.17, 15) is 0 Å². The first-order valence-corrected chi connectivity index (χ1v) is 5.65. The summed E-state index contributed by atoms with van der Waals surface area (Å²) in [4.78, 5) is 0. The molecule has 1 N–H and O–H groups in total. The normalized spacial score (nSPS) is 10.7. The predicted octanol–water partition coefficient (Wildman–Crippen LogP) is 1.95. The molecule has 1 aromatic heterocycles. The highest BCUT2D eigenvalue weighted by Gasteiger charge is 2.06. The Balaban J connectivity index is 2.10. The second kappa shape index (κ2) is 4.44. The number of rotatable bonds is 3. The number of methoxy groups -OCH3 is 1. The van der Waals surface area contributed by atoms with Crippen molar-refractivity contribution in [2.24, 2.45) is 0 Å². The summed E-state index contributed by atoms with van der Waals surface area (Å²) in [6.45, 7) is 0. The van der Waals surface area contributed by atoms with Gasteiger partial charge in [0.15, 0.2) is 5.82 Å². The van der Waals surface area contributed by atoms with Gasteiger partial charge in [-0.25, -0.2) is 0 Å². The molecule has 3 rings (SSSR count). The van der Waals surface area contributed by atoms with E-state index in [2.05, 4.69) is 32.8 Å². The van der Waals surface area contributed by atoms with Crippen molar-refractivity contribution in [2.75, 3.05) is 7.11 Å². The number of benzene rings is 2. The Labute approximate surface area is 104 Å². The molecule has 0 amide bonds. The molecular formula is C13H12N4O. The number of fused-ring (bicyclic) bond motifs is 1. The van der Waals surface area contributed by atoms with Gasteiger partial charge in [-0.05, 0) is 28.5 Å². The molecular weight excluding hydrogens is 228 g/mol. The fourth-order valence-corrected chi connectivity index (χ4v) is 2.03. The van der Waals surface area contributed by atoms with Crippen molar-refractivity contribution in [1.82, 2.24) is 20.6 Å². The van der Waals surface area contributed by atoms with Gasteiger partial charge in [-0.2, -0.15) is 5.21 Å². The predicted molar refractivity (Wildman–Crippen MR) is 67.5 cm³/mol. The summed E-state index contributed by atoms with van der Waals surface area (Å²) in [6.07, 6.45) is 0.654. The largest absolute Gasteiger partial charge is 0.497 e. The molecule has 0 bridgehead atoms. The van der Waals surface area contributed by atoms with Crippen molar-refractivity contribution in [3.63, 3.8) is 0 Å². The lowest BCUT2D eigenvalue weighted by Crippen LogP contribution is -1.93. The van der Waals surface area contributed by atoms with Gasteiger partial charge in [-0.1, -0.05) is 29.5 Å². The van der Waals surface area contributed by atoms with Gasteiger partial charge < -0.3 is 4.74 Å². The molecule has 0 saturated heterocycles. The SMILES string of the molecule is COc1ccc2cccc(Cc3nn[nH]n3)c2c1. The van der Waals surface area contributed by atoms with Gasteiger partial charge >= 0.3 is 0 Å². The summed E-state index contributed by atoms with van der Waals surface area (Å²) in [5.41, 5.74) is 1.16. The smallest absolute Gasteiger partial charge is 0.178 e. The summed E-state index contributed by atoms with van der Waals surface area (Å²) < 4.78 is 5.26. The summed E-state index contributed by atoms with van der Waals surface area (Å²) in [6, 6.07) is 12.2.